The first-order valence-corrected chi connectivity index (χ1v) is 10.8. The van der Waals surface area contributed by atoms with Crippen LogP contribution in [0, 0.1) is 0 Å². The molecule has 1 aliphatic rings. The molecule has 0 aliphatic carbocycles. The van der Waals surface area contributed by atoms with E-state index in [-0.39, 0.29) is 12.2 Å². The summed E-state index contributed by atoms with van der Waals surface area (Å²) in [4.78, 5) is 15.9. The van der Waals surface area contributed by atoms with E-state index in [1.54, 1.807) is 18.3 Å². The van der Waals surface area contributed by atoms with Gasteiger partial charge in [0, 0.05) is 24.5 Å². The Morgan fingerprint density at radius 1 is 0.968 bits per heavy atom. The molecule has 0 spiro atoms. The highest BCUT2D eigenvalue weighted by atomic mass is 35.5. The minimum absolute atomic E-state index is 0.0404. The van der Waals surface area contributed by atoms with E-state index in [0.29, 0.717) is 62.5 Å². The Labute approximate surface area is 195 Å². The Hall–Kier alpha value is -2.06. The Bertz CT molecular complexity index is 1110. The van der Waals surface area contributed by atoms with Crippen LogP contribution in [0.5, 0.6) is 11.5 Å². The molecule has 164 valence electrons. The maximum absolute atomic E-state index is 6.62. The van der Waals surface area contributed by atoms with Gasteiger partial charge in [-0.3, -0.25) is 0 Å². The lowest BCUT2D eigenvalue weighted by molar-refractivity contribution is -0.00536. The Morgan fingerprint density at radius 2 is 1.58 bits per heavy atom. The third kappa shape index (κ3) is 4.20. The van der Waals surface area contributed by atoms with Crippen LogP contribution in [0.15, 0.2) is 18.3 Å². The van der Waals surface area contributed by atoms with Crippen molar-refractivity contribution in [3.63, 3.8) is 0 Å². The zero-order chi connectivity index (χ0) is 22.3. The van der Waals surface area contributed by atoms with Crippen LogP contribution in [0.4, 0.5) is 5.82 Å². The molecular weight excluding hydrogens is 463 g/mol. The molecular formula is C21H21Cl3N4O3. The van der Waals surface area contributed by atoms with Crippen LogP contribution in [-0.2, 0) is 4.74 Å². The topological polar surface area (TPSA) is 69.6 Å². The van der Waals surface area contributed by atoms with Crippen molar-refractivity contribution in [3.05, 3.63) is 33.5 Å². The maximum Gasteiger partial charge on any atom is 0.165 e. The molecule has 1 saturated heterocycles. The average Bonchev–Trinajstić information content (AvgIpc) is 2.73. The van der Waals surface area contributed by atoms with Crippen LogP contribution in [0.1, 0.15) is 13.8 Å². The molecule has 3 aromatic rings. The molecule has 2 unspecified atom stereocenters. The molecule has 10 heteroatoms. The number of fused-ring (bicyclic) bond motifs is 1. The van der Waals surface area contributed by atoms with E-state index in [9.17, 15) is 0 Å². The maximum atomic E-state index is 6.62. The number of hydrogen-bond acceptors (Lipinski definition) is 7. The Morgan fingerprint density at radius 3 is 2.16 bits per heavy atom. The number of morpholine rings is 1. The minimum atomic E-state index is 0.0404. The van der Waals surface area contributed by atoms with Crippen LogP contribution in [-0.4, -0.2) is 54.5 Å². The molecule has 0 radical (unpaired) electrons. The summed E-state index contributed by atoms with van der Waals surface area (Å²) in [5.74, 6) is 1.86. The Kier molecular flexibility index (Phi) is 6.30. The van der Waals surface area contributed by atoms with Gasteiger partial charge < -0.3 is 19.1 Å². The lowest BCUT2D eigenvalue weighted by atomic mass is 10.1. The fourth-order valence-corrected chi connectivity index (χ4v) is 4.60. The molecule has 4 rings (SSSR count). The predicted octanol–water partition coefficient (Wildman–Crippen LogP) is 5.28. The van der Waals surface area contributed by atoms with Gasteiger partial charge in [0.25, 0.3) is 0 Å². The van der Waals surface area contributed by atoms with Gasteiger partial charge in [0.15, 0.2) is 5.82 Å². The number of aromatic nitrogens is 3. The van der Waals surface area contributed by atoms with E-state index in [2.05, 4.69) is 14.9 Å². The summed E-state index contributed by atoms with van der Waals surface area (Å²) >= 11 is 19.4. The minimum Gasteiger partial charge on any atom is -0.495 e. The second-order valence-corrected chi connectivity index (χ2v) is 8.48. The predicted molar refractivity (Wildman–Crippen MR) is 123 cm³/mol. The molecule has 7 nitrogen and oxygen atoms in total. The number of hydrogen-bond donors (Lipinski definition) is 0. The van der Waals surface area contributed by atoms with E-state index in [4.69, 9.17) is 54.0 Å². The first kappa shape index (κ1) is 22.1. The fourth-order valence-electron chi connectivity index (χ4n) is 3.78. The SMILES string of the molecule is COc1cc(OC)c(Cl)c(-c2nc(N3CC(C)OC(C)C3)c3cc(Cl)ncc3n2)c1Cl. The van der Waals surface area contributed by atoms with E-state index < -0.39 is 0 Å². The summed E-state index contributed by atoms with van der Waals surface area (Å²) in [6.07, 6.45) is 1.69. The van der Waals surface area contributed by atoms with Gasteiger partial charge in [-0.15, -0.1) is 0 Å². The van der Waals surface area contributed by atoms with Gasteiger partial charge in [-0.05, 0) is 19.9 Å². The van der Waals surface area contributed by atoms with Crippen molar-refractivity contribution in [2.75, 3.05) is 32.2 Å². The van der Waals surface area contributed by atoms with Crippen LogP contribution < -0.4 is 14.4 Å². The second-order valence-electron chi connectivity index (χ2n) is 7.34. The number of halogens is 3. The lowest BCUT2D eigenvalue weighted by Crippen LogP contribution is -2.46. The third-order valence-corrected chi connectivity index (χ3v) is 6.00. The number of methoxy groups -OCH3 is 2. The highest BCUT2D eigenvalue weighted by Crippen LogP contribution is 2.45. The molecule has 0 bridgehead atoms. The zero-order valence-corrected chi connectivity index (χ0v) is 19.7. The molecule has 3 heterocycles. The highest BCUT2D eigenvalue weighted by Gasteiger charge is 2.27. The summed E-state index contributed by atoms with van der Waals surface area (Å²) in [5.41, 5.74) is 1.04. The molecule has 31 heavy (non-hydrogen) atoms. The van der Waals surface area contributed by atoms with Gasteiger partial charge in [0.05, 0.1) is 53.7 Å². The van der Waals surface area contributed by atoms with Crippen LogP contribution in [0.3, 0.4) is 0 Å². The van der Waals surface area contributed by atoms with Crippen molar-refractivity contribution < 1.29 is 14.2 Å². The third-order valence-electron chi connectivity index (χ3n) is 5.05. The zero-order valence-electron chi connectivity index (χ0n) is 17.4. The fraction of sp³-hybridized carbons (Fsp3) is 0.381. The molecule has 1 aromatic carbocycles. The molecule has 1 aliphatic heterocycles. The van der Waals surface area contributed by atoms with Gasteiger partial charge in [-0.25, -0.2) is 15.0 Å². The highest BCUT2D eigenvalue weighted by molar-refractivity contribution is 6.41. The van der Waals surface area contributed by atoms with Crippen molar-refractivity contribution in [2.24, 2.45) is 0 Å². The van der Waals surface area contributed by atoms with Gasteiger partial charge in [0.2, 0.25) is 0 Å². The summed E-state index contributed by atoms with van der Waals surface area (Å²) in [6, 6.07) is 3.39. The van der Waals surface area contributed by atoms with Gasteiger partial charge >= 0.3 is 0 Å². The van der Waals surface area contributed by atoms with Gasteiger partial charge in [-0.2, -0.15) is 0 Å². The first-order chi connectivity index (χ1) is 14.8. The van der Waals surface area contributed by atoms with Crippen LogP contribution >= 0.6 is 34.8 Å². The Balaban J connectivity index is 1.98. The number of rotatable bonds is 4. The average molecular weight is 484 g/mol. The van der Waals surface area contributed by atoms with E-state index in [1.807, 2.05) is 13.8 Å². The molecule has 2 atom stereocenters. The van der Waals surface area contributed by atoms with E-state index in [1.165, 1.54) is 14.2 Å². The molecule has 2 aromatic heterocycles. The first-order valence-electron chi connectivity index (χ1n) is 9.66. The lowest BCUT2D eigenvalue weighted by Gasteiger charge is -2.36. The standard InChI is InChI=1S/C21H21Cl3N4O3/c1-10-8-28(9-11(2)31-10)21-12-5-16(22)25-7-13(12)26-20(27-21)17-18(23)14(29-3)6-15(30-4)19(17)24/h5-7,10-11H,8-9H2,1-4H3. The van der Waals surface area contributed by atoms with Gasteiger partial charge in [-0.1, -0.05) is 34.8 Å². The molecule has 0 saturated carbocycles. The van der Waals surface area contributed by atoms with Crippen molar-refractivity contribution in [1.29, 1.82) is 0 Å². The largest absolute Gasteiger partial charge is 0.495 e. The normalized spacial score (nSPS) is 19.0. The van der Waals surface area contributed by atoms with Crippen molar-refractivity contribution in [2.45, 2.75) is 26.1 Å². The monoisotopic (exact) mass is 482 g/mol. The van der Waals surface area contributed by atoms with Crippen molar-refractivity contribution >= 4 is 51.5 Å². The summed E-state index contributed by atoms with van der Waals surface area (Å²) in [5, 5.41) is 1.74. The van der Waals surface area contributed by atoms with Crippen molar-refractivity contribution in [3.8, 4) is 22.9 Å². The number of pyridine rings is 1. The van der Waals surface area contributed by atoms with Crippen molar-refractivity contribution in [1.82, 2.24) is 15.0 Å². The molecule has 0 amide bonds. The van der Waals surface area contributed by atoms with E-state index >= 15 is 0 Å². The number of benzene rings is 1. The summed E-state index contributed by atoms with van der Waals surface area (Å²) in [7, 11) is 3.04. The molecule has 1 fully saturated rings. The van der Waals surface area contributed by atoms with Crippen LogP contribution in [0.2, 0.25) is 15.2 Å². The summed E-state index contributed by atoms with van der Waals surface area (Å²) in [6.45, 7) is 5.39. The van der Waals surface area contributed by atoms with Gasteiger partial charge in [0.1, 0.15) is 22.5 Å². The smallest absolute Gasteiger partial charge is 0.165 e. The second kappa shape index (κ2) is 8.82. The van der Waals surface area contributed by atoms with E-state index in [0.717, 1.165) is 5.39 Å². The number of ether oxygens (including phenoxy) is 3. The quantitative estimate of drug-likeness (QED) is 0.467. The number of anilines is 1. The molecule has 0 N–H and O–H groups in total. The summed E-state index contributed by atoms with van der Waals surface area (Å²) < 4.78 is 16.7. The number of nitrogens with zero attached hydrogens (tertiary/aromatic N) is 4. The van der Waals surface area contributed by atoms with Crippen LogP contribution in [0.25, 0.3) is 22.3 Å².